The first kappa shape index (κ1) is 20.8. The van der Waals surface area contributed by atoms with E-state index in [0.29, 0.717) is 42.5 Å². The molecule has 1 amide bonds. The second kappa shape index (κ2) is 8.14. The molecule has 0 radical (unpaired) electrons. The number of halogens is 3. The van der Waals surface area contributed by atoms with E-state index in [4.69, 9.17) is 4.42 Å². The van der Waals surface area contributed by atoms with Crippen molar-refractivity contribution < 1.29 is 22.4 Å². The molecule has 2 N–H and O–H groups in total. The fourth-order valence-corrected chi connectivity index (χ4v) is 4.92. The van der Waals surface area contributed by atoms with E-state index in [0.717, 1.165) is 50.1 Å². The van der Waals surface area contributed by atoms with Gasteiger partial charge >= 0.3 is 6.18 Å². The van der Waals surface area contributed by atoms with E-state index in [1.165, 1.54) is 12.4 Å². The monoisotopic (exact) mass is 447 g/mol. The predicted molar refractivity (Wildman–Crippen MR) is 111 cm³/mol. The highest BCUT2D eigenvalue weighted by Crippen LogP contribution is 2.40. The van der Waals surface area contributed by atoms with Crippen LogP contribution in [0.15, 0.2) is 28.9 Å². The highest BCUT2D eigenvalue weighted by molar-refractivity contribution is 6.07. The number of benzene rings is 1. The van der Waals surface area contributed by atoms with Gasteiger partial charge in [-0.25, -0.2) is 4.98 Å². The molecular formula is C22H24F3N5O2. The van der Waals surface area contributed by atoms with Crippen molar-refractivity contribution in [3.63, 3.8) is 0 Å². The number of alkyl halides is 3. The zero-order valence-electron chi connectivity index (χ0n) is 17.4. The van der Waals surface area contributed by atoms with Gasteiger partial charge in [0.15, 0.2) is 0 Å². The number of rotatable bonds is 4. The molecule has 2 aromatic heterocycles. The number of anilines is 1. The molecule has 0 atom stereocenters. The summed E-state index contributed by atoms with van der Waals surface area (Å²) in [4.78, 5) is 18.8. The minimum Gasteiger partial charge on any atom is -0.449 e. The third-order valence-corrected chi connectivity index (χ3v) is 6.65. The van der Waals surface area contributed by atoms with Crippen LogP contribution in [-0.2, 0) is 6.18 Å². The topological polar surface area (TPSA) is 87.0 Å². The Morgan fingerprint density at radius 1 is 1.19 bits per heavy atom. The van der Waals surface area contributed by atoms with Crippen LogP contribution in [-0.4, -0.2) is 40.7 Å². The Kier molecular flexibility index (Phi) is 5.30. The van der Waals surface area contributed by atoms with E-state index in [1.54, 1.807) is 0 Å². The molecule has 3 aromatic rings. The van der Waals surface area contributed by atoms with Gasteiger partial charge < -0.3 is 14.6 Å². The van der Waals surface area contributed by atoms with E-state index in [9.17, 15) is 18.0 Å². The lowest BCUT2D eigenvalue weighted by Gasteiger charge is -2.30. The average Bonchev–Trinajstić information content (AvgIpc) is 3.40. The lowest BCUT2D eigenvalue weighted by atomic mass is 9.80. The van der Waals surface area contributed by atoms with E-state index in [1.807, 2.05) is 4.90 Å². The minimum absolute atomic E-state index is 0.0888. The van der Waals surface area contributed by atoms with Crippen LogP contribution in [0.5, 0.6) is 0 Å². The van der Waals surface area contributed by atoms with Gasteiger partial charge in [-0.05, 0) is 56.2 Å². The molecule has 10 heteroatoms. The van der Waals surface area contributed by atoms with E-state index in [2.05, 4.69) is 20.5 Å². The SMILES string of the molecule is O=C1NCCN(CCC2CCC(c3ncn[nH]3)CC2)c2c1oc1ccc(C(F)(F)F)cc21. The summed E-state index contributed by atoms with van der Waals surface area (Å²) in [5.41, 5.74) is 0.0120. The lowest BCUT2D eigenvalue weighted by molar-refractivity contribution is -0.137. The summed E-state index contributed by atoms with van der Waals surface area (Å²) in [6.07, 6.45) is 2.18. The van der Waals surface area contributed by atoms with Gasteiger partial charge in [0.05, 0.1) is 11.3 Å². The van der Waals surface area contributed by atoms with Crippen molar-refractivity contribution >= 4 is 22.6 Å². The maximum Gasteiger partial charge on any atom is 0.416 e. The number of fused-ring (bicyclic) bond motifs is 3. The molecule has 0 unspecified atom stereocenters. The molecule has 0 spiro atoms. The van der Waals surface area contributed by atoms with Crippen molar-refractivity contribution in [1.82, 2.24) is 20.5 Å². The summed E-state index contributed by atoms with van der Waals surface area (Å²) >= 11 is 0. The second-order valence-electron chi connectivity index (χ2n) is 8.61. The largest absolute Gasteiger partial charge is 0.449 e. The summed E-state index contributed by atoms with van der Waals surface area (Å²) < 4.78 is 45.6. The van der Waals surface area contributed by atoms with Crippen molar-refractivity contribution in [1.29, 1.82) is 0 Å². The van der Waals surface area contributed by atoms with Crippen molar-refractivity contribution in [3.8, 4) is 0 Å². The molecule has 2 aliphatic rings. The summed E-state index contributed by atoms with van der Waals surface area (Å²) in [5.74, 6) is 1.56. The minimum atomic E-state index is -4.46. The Bertz CT molecular complexity index is 1100. The fourth-order valence-electron chi connectivity index (χ4n) is 4.92. The van der Waals surface area contributed by atoms with Gasteiger partial charge in [-0.1, -0.05) is 0 Å². The quantitative estimate of drug-likeness (QED) is 0.616. The Morgan fingerprint density at radius 3 is 2.72 bits per heavy atom. The van der Waals surface area contributed by atoms with Crippen molar-refractivity contribution in [2.75, 3.05) is 24.5 Å². The molecule has 3 heterocycles. The summed E-state index contributed by atoms with van der Waals surface area (Å²) in [6.45, 7) is 1.60. The molecule has 5 rings (SSSR count). The normalized spacial score (nSPS) is 22.0. The van der Waals surface area contributed by atoms with Gasteiger partial charge in [-0.15, -0.1) is 0 Å². The molecule has 0 bridgehead atoms. The molecule has 0 saturated heterocycles. The standard InChI is InChI=1S/C22H24F3N5O2/c23-22(24,25)15-5-6-17-16(11-15)18-19(32-17)21(31)26-8-10-30(18)9-7-13-1-3-14(4-2-13)20-27-12-28-29-20/h5-6,11-14H,1-4,7-10H2,(H,26,31)(H,27,28,29). The van der Waals surface area contributed by atoms with Crippen LogP contribution >= 0.6 is 0 Å². The maximum atomic E-state index is 13.3. The zero-order valence-corrected chi connectivity index (χ0v) is 17.4. The van der Waals surface area contributed by atoms with Crippen LogP contribution in [0, 0.1) is 5.92 Å². The number of carbonyl (C=O) groups is 1. The molecule has 7 nitrogen and oxygen atoms in total. The van der Waals surface area contributed by atoms with Crippen molar-refractivity contribution in [2.45, 2.75) is 44.2 Å². The Balaban J connectivity index is 1.35. The summed E-state index contributed by atoms with van der Waals surface area (Å²) in [6, 6.07) is 3.37. The zero-order chi connectivity index (χ0) is 22.3. The van der Waals surface area contributed by atoms with Crippen LogP contribution in [0.3, 0.4) is 0 Å². The first-order valence-electron chi connectivity index (χ1n) is 10.9. The molecule has 1 aliphatic carbocycles. The molecule has 1 aliphatic heterocycles. The average molecular weight is 447 g/mol. The number of furan rings is 1. The molecule has 32 heavy (non-hydrogen) atoms. The smallest absolute Gasteiger partial charge is 0.416 e. The van der Waals surface area contributed by atoms with Crippen LogP contribution < -0.4 is 10.2 Å². The highest BCUT2D eigenvalue weighted by atomic mass is 19.4. The van der Waals surface area contributed by atoms with E-state index < -0.39 is 11.7 Å². The van der Waals surface area contributed by atoms with Crippen molar-refractivity contribution in [3.05, 3.63) is 41.7 Å². The first-order chi connectivity index (χ1) is 15.4. The number of hydrogen-bond donors (Lipinski definition) is 2. The number of H-pyrrole nitrogens is 1. The number of nitrogens with one attached hydrogen (secondary N) is 2. The number of hydrogen-bond acceptors (Lipinski definition) is 5. The maximum absolute atomic E-state index is 13.3. The Hall–Kier alpha value is -3.04. The molecule has 1 aromatic carbocycles. The third-order valence-electron chi connectivity index (χ3n) is 6.65. The second-order valence-corrected chi connectivity index (χ2v) is 8.61. The van der Waals surface area contributed by atoms with Gasteiger partial charge in [0, 0.05) is 30.9 Å². The fraction of sp³-hybridized carbons (Fsp3) is 0.500. The molecule has 1 saturated carbocycles. The number of aromatic amines is 1. The number of carbonyl (C=O) groups excluding carboxylic acids is 1. The van der Waals surface area contributed by atoms with Crippen LogP contribution in [0.1, 0.15) is 60.0 Å². The van der Waals surface area contributed by atoms with Gasteiger partial charge in [-0.2, -0.15) is 18.3 Å². The Labute approximate surface area is 182 Å². The first-order valence-corrected chi connectivity index (χ1v) is 10.9. The predicted octanol–water partition coefficient (Wildman–Crippen LogP) is 4.48. The Morgan fingerprint density at radius 2 is 2.00 bits per heavy atom. The van der Waals surface area contributed by atoms with E-state index >= 15 is 0 Å². The molecule has 1 fully saturated rings. The van der Waals surface area contributed by atoms with Gasteiger partial charge in [0.1, 0.15) is 17.7 Å². The van der Waals surface area contributed by atoms with Crippen LogP contribution in [0.2, 0.25) is 0 Å². The third kappa shape index (κ3) is 3.93. The van der Waals surface area contributed by atoms with Crippen LogP contribution in [0.4, 0.5) is 18.9 Å². The van der Waals surface area contributed by atoms with Crippen molar-refractivity contribution in [2.24, 2.45) is 5.92 Å². The lowest BCUT2D eigenvalue weighted by Crippen LogP contribution is -2.32. The van der Waals surface area contributed by atoms with E-state index in [-0.39, 0.29) is 17.3 Å². The summed E-state index contributed by atoms with van der Waals surface area (Å²) in [7, 11) is 0. The number of aromatic nitrogens is 3. The number of amides is 1. The van der Waals surface area contributed by atoms with Crippen LogP contribution in [0.25, 0.3) is 11.0 Å². The van der Waals surface area contributed by atoms with Gasteiger partial charge in [-0.3, -0.25) is 9.89 Å². The molecule has 170 valence electrons. The molecular weight excluding hydrogens is 423 g/mol. The summed E-state index contributed by atoms with van der Waals surface area (Å²) in [5, 5.41) is 10.0. The number of nitrogens with zero attached hydrogens (tertiary/aromatic N) is 3. The van der Waals surface area contributed by atoms with Gasteiger partial charge in [0.25, 0.3) is 5.91 Å². The highest BCUT2D eigenvalue weighted by Gasteiger charge is 2.34. The van der Waals surface area contributed by atoms with Gasteiger partial charge in [0.2, 0.25) is 5.76 Å².